The van der Waals surface area contributed by atoms with Crippen LogP contribution in [-0.2, 0) is 4.74 Å². The molecule has 13 heavy (non-hydrogen) atoms. The number of hydrogen-bond acceptors (Lipinski definition) is 2. The monoisotopic (exact) mass is 185 g/mol. The summed E-state index contributed by atoms with van der Waals surface area (Å²) in [6.07, 6.45) is 6.18. The van der Waals surface area contributed by atoms with E-state index in [-0.39, 0.29) is 5.60 Å². The third-order valence-electron chi connectivity index (χ3n) is 3.10. The van der Waals surface area contributed by atoms with Gasteiger partial charge < -0.3 is 10.5 Å². The van der Waals surface area contributed by atoms with Crippen LogP contribution in [0.1, 0.15) is 46.0 Å². The molecular formula is C11H23NO. The molecule has 0 aromatic heterocycles. The van der Waals surface area contributed by atoms with Crippen LogP contribution >= 0.6 is 0 Å². The summed E-state index contributed by atoms with van der Waals surface area (Å²) < 4.78 is 5.35. The maximum atomic E-state index is 6.01. The van der Waals surface area contributed by atoms with Crippen molar-refractivity contribution in [1.82, 2.24) is 0 Å². The molecule has 1 rings (SSSR count). The van der Waals surface area contributed by atoms with Crippen molar-refractivity contribution in [2.45, 2.75) is 57.6 Å². The minimum Gasteiger partial charge on any atom is -0.379 e. The molecule has 2 heteroatoms. The Kier molecular flexibility index (Phi) is 3.74. The summed E-state index contributed by atoms with van der Waals surface area (Å²) in [5.74, 6) is 0.839. The molecular weight excluding hydrogens is 162 g/mol. The lowest BCUT2D eigenvalue weighted by Gasteiger charge is -2.23. The molecule has 0 amide bonds. The summed E-state index contributed by atoms with van der Waals surface area (Å²) in [4.78, 5) is 0. The molecule has 1 saturated carbocycles. The van der Waals surface area contributed by atoms with Crippen LogP contribution in [0, 0.1) is 5.92 Å². The van der Waals surface area contributed by atoms with E-state index in [2.05, 4.69) is 13.8 Å². The van der Waals surface area contributed by atoms with E-state index in [4.69, 9.17) is 10.5 Å². The Morgan fingerprint density at radius 1 is 1.46 bits per heavy atom. The standard InChI is InChI=1S/C11H23NO/c1-11(2,13-3)8-4-5-10(12)9-6-7-9/h9-10H,4-8,12H2,1-3H3. The second-order valence-corrected chi connectivity index (χ2v) is 4.86. The van der Waals surface area contributed by atoms with Gasteiger partial charge in [-0.15, -0.1) is 0 Å². The van der Waals surface area contributed by atoms with E-state index in [0.717, 1.165) is 18.8 Å². The average molecular weight is 185 g/mol. The Bertz CT molecular complexity index is 152. The predicted molar refractivity (Wildman–Crippen MR) is 55.6 cm³/mol. The van der Waals surface area contributed by atoms with Gasteiger partial charge in [-0.05, 0) is 51.9 Å². The summed E-state index contributed by atoms with van der Waals surface area (Å²) in [5, 5.41) is 0. The number of ether oxygens (including phenoxy) is 1. The fraction of sp³-hybridized carbons (Fsp3) is 1.00. The first kappa shape index (κ1) is 11.0. The number of rotatable bonds is 6. The average Bonchev–Trinajstić information content (AvgIpc) is 2.86. The van der Waals surface area contributed by atoms with E-state index in [1.54, 1.807) is 7.11 Å². The van der Waals surface area contributed by atoms with Crippen LogP contribution in [0.4, 0.5) is 0 Å². The molecule has 0 saturated heterocycles. The molecule has 1 aliphatic rings. The summed E-state index contributed by atoms with van der Waals surface area (Å²) in [5.41, 5.74) is 6.04. The highest BCUT2D eigenvalue weighted by Gasteiger charge is 2.28. The van der Waals surface area contributed by atoms with Crippen molar-refractivity contribution >= 4 is 0 Å². The van der Waals surface area contributed by atoms with Crippen molar-refractivity contribution in [3.8, 4) is 0 Å². The molecule has 2 N–H and O–H groups in total. The van der Waals surface area contributed by atoms with E-state index in [1.807, 2.05) is 0 Å². The van der Waals surface area contributed by atoms with Gasteiger partial charge in [0, 0.05) is 13.2 Å². The smallest absolute Gasteiger partial charge is 0.0622 e. The van der Waals surface area contributed by atoms with Gasteiger partial charge in [0.05, 0.1) is 5.60 Å². The van der Waals surface area contributed by atoms with Gasteiger partial charge in [0.1, 0.15) is 0 Å². The number of methoxy groups -OCH3 is 1. The van der Waals surface area contributed by atoms with Crippen molar-refractivity contribution in [1.29, 1.82) is 0 Å². The molecule has 2 nitrogen and oxygen atoms in total. The maximum Gasteiger partial charge on any atom is 0.0622 e. The van der Waals surface area contributed by atoms with Gasteiger partial charge in [-0.3, -0.25) is 0 Å². The molecule has 0 aromatic carbocycles. The summed E-state index contributed by atoms with van der Waals surface area (Å²) in [6.45, 7) is 4.27. The maximum absolute atomic E-state index is 6.01. The fourth-order valence-electron chi connectivity index (χ4n) is 1.63. The Morgan fingerprint density at radius 2 is 2.08 bits per heavy atom. The normalized spacial score (nSPS) is 20.3. The first-order chi connectivity index (χ1) is 6.05. The first-order valence-electron chi connectivity index (χ1n) is 5.36. The lowest BCUT2D eigenvalue weighted by atomic mass is 9.98. The third kappa shape index (κ3) is 4.10. The fourth-order valence-corrected chi connectivity index (χ4v) is 1.63. The van der Waals surface area contributed by atoms with Gasteiger partial charge in [0.2, 0.25) is 0 Å². The molecule has 0 heterocycles. The Labute approximate surface area is 81.8 Å². The van der Waals surface area contributed by atoms with Crippen molar-refractivity contribution in [2.24, 2.45) is 11.7 Å². The van der Waals surface area contributed by atoms with Gasteiger partial charge in [-0.25, -0.2) is 0 Å². The van der Waals surface area contributed by atoms with Crippen LogP contribution in [0.5, 0.6) is 0 Å². The van der Waals surface area contributed by atoms with Gasteiger partial charge >= 0.3 is 0 Å². The SMILES string of the molecule is COC(C)(C)CCCC(N)C1CC1. The van der Waals surface area contributed by atoms with Crippen LogP contribution in [0.15, 0.2) is 0 Å². The summed E-state index contributed by atoms with van der Waals surface area (Å²) in [6, 6.07) is 0.452. The van der Waals surface area contributed by atoms with E-state index < -0.39 is 0 Å². The van der Waals surface area contributed by atoms with Crippen molar-refractivity contribution in [2.75, 3.05) is 7.11 Å². The third-order valence-corrected chi connectivity index (χ3v) is 3.10. The van der Waals surface area contributed by atoms with Gasteiger partial charge in [0.15, 0.2) is 0 Å². The first-order valence-corrected chi connectivity index (χ1v) is 5.36. The van der Waals surface area contributed by atoms with Gasteiger partial charge in [0.25, 0.3) is 0 Å². The van der Waals surface area contributed by atoms with Gasteiger partial charge in [-0.1, -0.05) is 0 Å². The highest BCUT2D eigenvalue weighted by molar-refractivity contribution is 4.84. The molecule has 1 aliphatic carbocycles. The lowest BCUT2D eigenvalue weighted by Crippen LogP contribution is -2.26. The van der Waals surface area contributed by atoms with E-state index in [0.29, 0.717) is 6.04 Å². The quantitative estimate of drug-likeness (QED) is 0.689. The zero-order valence-corrected chi connectivity index (χ0v) is 9.18. The molecule has 0 aromatic rings. The zero-order chi connectivity index (χ0) is 9.90. The van der Waals surface area contributed by atoms with Crippen molar-refractivity contribution in [3.63, 3.8) is 0 Å². The summed E-state index contributed by atoms with van der Waals surface area (Å²) in [7, 11) is 1.78. The molecule has 1 atom stereocenters. The Morgan fingerprint density at radius 3 is 2.54 bits per heavy atom. The number of nitrogens with two attached hydrogens (primary N) is 1. The van der Waals surface area contributed by atoms with Crippen LogP contribution in [0.25, 0.3) is 0 Å². The minimum atomic E-state index is 0.0310. The Balaban J connectivity index is 2.05. The number of hydrogen-bond donors (Lipinski definition) is 1. The largest absolute Gasteiger partial charge is 0.379 e. The molecule has 1 fully saturated rings. The highest BCUT2D eigenvalue weighted by Crippen LogP contribution is 2.33. The second kappa shape index (κ2) is 4.43. The van der Waals surface area contributed by atoms with E-state index in [1.165, 1.54) is 19.3 Å². The van der Waals surface area contributed by atoms with Crippen LogP contribution < -0.4 is 5.73 Å². The van der Waals surface area contributed by atoms with E-state index in [9.17, 15) is 0 Å². The Hall–Kier alpha value is -0.0800. The van der Waals surface area contributed by atoms with Gasteiger partial charge in [-0.2, -0.15) is 0 Å². The van der Waals surface area contributed by atoms with Crippen molar-refractivity contribution in [3.05, 3.63) is 0 Å². The van der Waals surface area contributed by atoms with Crippen molar-refractivity contribution < 1.29 is 4.74 Å². The molecule has 0 radical (unpaired) electrons. The van der Waals surface area contributed by atoms with E-state index >= 15 is 0 Å². The molecule has 1 unspecified atom stereocenters. The molecule has 78 valence electrons. The van der Waals surface area contributed by atoms with Crippen LogP contribution in [0.3, 0.4) is 0 Å². The topological polar surface area (TPSA) is 35.2 Å². The predicted octanol–water partition coefficient (Wildman–Crippen LogP) is 2.32. The summed E-state index contributed by atoms with van der Waals surface area (Å²) >= 11 is 0. The minimum absolute atomic E-state index is 0.0310. The second-order valence-electron chi connectivity index (χ2n) is 4.86. The zero-order valence-electron chi connectivity index (χ0n) is 9.18. The van der Waals surface area contributed by atoms with Crippen LogP contribution in [0.2, 0.25) is 0 Å². The van der Waals surface area contributed by atoms with Crippen LogP contribution in [-0.4, -0.2) is 18.8 Å². The molecule has 0 spiro atoms. The molecule has 0 bridgehead atoms. The highest BCUT2D eigenvalue weighted by atomic mass is 16.5. The lowest BCUT2D eigenvalue weighted by molar-refractivity contribution is 0.0131. The molecule has 0 aliphatic heterocycles.